The molecule has 0 aliphatic heterocycles. The highest BCUT2D eigenvalue weighted by Crippen LogP contribution is 2.25. The van der Waals surface area contributed by atoms with E-state index in [1.54, 1.807) is 7.11 Å². The van der Waals surface area contributed by atoms with Crippen LogP contribution in [0.2, 0.25) is 0 Å². The van der Waals surface area contributed by atoms with Crippen LogP contribution in [0.25, 0.3) is 11.5 Å². The normalized spacial score (nSPS) is 10.5. The molecule has 112 valence electrons. The SMILES string of the molecule is CCCc1nc(-c2cccc(OC)n2)nc(NCC)c1I. The van der Waals surface area contributed by atoms with Gasteiger partial charge in [-0.25, -0.2) is 15.0 Å². The van der Waals surface area contributed by atoms with Crippen LogP contribution in [0.15, 0.2) is 18.2 Å². The van der Waals surface area contributed by atoms with Gasteiger partial charge in [-0.3, -0.25) is 0 Å². The van der Waals surface area contributed by atoms with Crippen LogP contribution in [-0.4, -0.2) is 28.6 Å². The molecule has 0 spiro atoms. The first-order valence-corrected chi connectivity index (χ1v) is 8.09. The van der Waals surface area contributed by atoms with Crippen LogP contribution in [-0.2, 0) is 6.42 Å². The predicted molar refractivity (Wildman–Crippen MR) is 92.7 cm³/mol. The van der Waals surface area contributed by atoms with Crippen molar-refractivity contribution in [2.45, 2.75) is 26.7 Å². The molecule has 0 unspecified atom stereocenters. The van der Waals surface area contributed by atoms with Crippen molar-refractivity contribution in [1.82, 2.24) is 15.0 Å². The average molecular weight is 398 g/mol. The summed E-state index contributed by atoms with van der Waals surface area (Å²) in [4.78, 5) is 13.7. The molecule has 5 nitrogen and oxygen atoms in total. The van der Waals surface area contributed by atoms with E-state index in [9.17, 15) is 0 Å². The Kier molecular flexibility index (Phi) is 5.72. The summed E-state index contributed by atoms with van der Waals surface area (Å²) in [6.07, 6.45) is 1.97. The first kappa shape index (κ1) is 15.9. The molecule has 0 fully saturated rings. The van der Waals surface area contributed by atoms with Crippen LogP contribution in [0.4, 0.5) is 5.82 Å². The fourth-order valence-electron chi connectivity index (χ4n) is 1.95. The van der Waals surface area contributed by atoms with E-state index in [0.29, 0.717) is 11.7 Å². The molecule has 21 heavy (non-hydrogen) atoms. The summed E-state index contributed by atoms with van der Waals surface area (Å²) in [7, 11) is 1.60. The molecule has 0 amide bonds. The number of hydrogen-bond acceptors (Lipinski definition) is 5. The van der Waals surface area contributed by atoms with Gasteiger partial charge in [0.25, 0.3) is 0 Å². The third kappa shape index (κ3) is 3.81. The Bertz CT molecular complexity index is 591. The van der Waals surface area contributed by atoms with E-state index in [4.69, 9.17) is 4.74 Å². The van der Waals surface area contributed by atoms with Crippen molar-refractivity contribution in [2.75, 3.05) is 19.0 Å². The van der Waals surface area contributed by atoms with Crippen molar-refractivity contribution >= 4 is 28.4 Å². The topological polar surface area (TPSA) is 59.9 Å². The van der Waals surface area contributed by atoms with Gasteiger partial charge in [-0.1, -0.05) is 19.4 Å². The number of pyridine rings is 1. The van der Waals surface area contributed by atoms with Gasteiger partial charge in [0, 0.05) is 12.6 Å². The van der Waals surface area contributed by atoms with E-state index in [0.717, 1.165) is 40.2 Å². The molecule has 0 bridgehead atoms. The molecule has 0 radical (unpaired) electrons. The molecule has 0 saturated carbocycles. The number of nitrogens with zero attached hydrogens (tertiary/aromatic N) is 3. The number of nitrogens with one attached hydrogen (secondary N) is 1. The van der Waals surface area contributed by atoms with Crippen LogP contribution in [0, 0.1) is 3.57 Å². The van der Waals surface area contributed by atoms with Crippen molar-refractivity contribution in [3.05, 3.63) is 27.5 Å². The summed E-state index contributed by atoms with van der Waals surface area (Å²) in [5.41, 5.74) is 1.78. The molecule has 2 aromatic heterocycles. The maximum atomic E-state index is 5.17. The van der Waals surface area contributed by atoms with Gasteiger partial charge in [0.05, 0.1) is 16.4 Å². The molecular formula is C15H19IN4O. The van der Waals surface area contributed by atoms with Crippen LogP contribution >= 0.6 is 22.6 Å². The van der Waals surface area contributed by atoms with Gasteiger partial charge >= 0.3 is 0 Å². The van der Waals surface area contributed by atoms with E-state index in [1.165, 1.54) is 0 Å². The van der Waals surface area contributed by atoms with Crippen molar-refractivity contribution in [2.24, 2.45) is 0 Å². The molecule has 0 aliphatic rings. The first-order valence-electron chi connectivity index (χ1n) is 7.01. The Morgan fingerprint density at radius 1 is 1.19 bits per heavy atom. The fraction of sp³-hybridized carbons (Fsp3) is 0.400. The molecular weight excluding hydrogens is 379 g/mol. The average Bonchev–Trinajstić information content (AvgIpc) is 2.51. The number of methoxy groups -OCH3 is 1. The van der Waals surface area contributed by atoms with Crippen LogP contribution in [0.1, 0.15) is 26.0 Å². The van der Waals surface area contributed by atoms with Crippen molar-refractivity contribution < 1.29 is 4.74 Å². The fourth-order valence-corrected chi connectivity index (χ4v) is 2.65. The highest BCUT2D eigenvalue weighted by atomic mass is 127. The summed E-state index contributed by atoms with van der Waals surface area (Å²) in [6.45, 7) is 5.03. The minimum Gasteiger partial charge on any atom is -0.481 e. The highest BCUT2D eigenvalue weighted by Gasteiger charge is 2.13. The van der Waals surface area contributed by atoms with Gasteiger partial charge in [-0.15, -0.1) is 0 Å². The Hall–Kier alpha value is -1.44. The Labute approximate surface area is 138 Å². The minimum atomic E-state index is 0.566. The molecule has 2 heterocycles. The summed E-state index contributed by atoms with van der Waals surface area (Å²) >= 11 is 2.31. The maximum Gasteiger partial charge on any atom is 0.213 e. The zero-order valence-corrected chi connectivity index (χ0v) is 14.6. The summed E-state index contributed by atoms with van der Waals surface area (Å²) in [5, 5.41) is 3.30. The Morgan fingerprint density at radius 2 is 2.00 bits per heavy atom. The quantitative estimate of drug-likeness (QED) is 0.755. The monoisotopic (exact) mass is 398 g/mol. The molecule has 0 atom stereocenters. The number of aryl methyl sites for hydroxylation is 1. The van der Waals surface area contributed by atoms with Gasteiger partial charge in [0.1, 0.15) is 11.5 Å². The lowest BCUT2D eigenvalue weighted by atomic mass is 10.2. The molecule has 0 aliphatic carbocycles. The second kappa shape index (κ2) is 7.53. The minimum absolute atomic E-state index is 0.566. The van der Waals surface area contributed by atoms with Crippen molar-refractivity contribution in [3.8, 4) is 17.4 Å². The van der Waals surface area contributed by atoms with Crippen molar-refractivity contribution in [1.29, 1.82) is 0 Å². The number of hydrogen-bond donors (Lipinski definition) is 1. The standard InChI is InChI=1S/C15H19IN4O/c1-4-7-10-13(16)15(17-5-2)20-14(19-10)11-8-6-9-12(18-11)21-3/h6,8-9H,4-5,7H2,1-3H3,(H,17,19,20). The summed E-state index contributed by atoms with van der Waals surface area (Å²) in [5.74, 6) is 2.07. The lowest BCUT2D eigenvalue weighted by Crippen LogP contribution is -2.08. The van der Waals surface area contributed by atoms with Gasteiger partial charge in [0.2, 0.25) is 5.88 Å². The number of aromatic nitrogens is 3. The third-order valence-corrected chi connectivity index (χ3v) is 4.05. The Balaban J connectivity index is 2.51. The van der Waals surface area contributed by atoms with E-state index in [1.807, 2.05) is 18.2 Å². The zero-order chi connectivity index (χ0) is 15.2. The van der Waals surface area contributed by atoms with Gasteiger partial charge in [0.15, 0.2) is 5.82 Å². The highest BCUT2D eigenvalue weighted by molar-refractivity contribution is 14.1. The van der Waals surface area contributed by atoms with E-state index in [2.05, 4.69) is 56.7 Å². The van der Waals surface area contributed by atoms with E-state index < -0.39 is 0 Å². The molecule has 6 heteroatoms. The van der Waals surface area contributed by atoms with Gasteiger partial charge in [-0.05, 0) is 42.0 Å². The second-order valence-corrected chi connectivity index (χ2v) is 5.58. The van der Waals surface area contributed by atoms with E-state index >= 15 is 0 Å². The molecule has 1 N–H and O–H groups in total. The number of anilines is 1. The van der Waals surface area contributed by atoms with E-state index in [-0.39, 0.29) is 0 Å². The lowest BCUT2D eigenvalue weighted by molar-refractivity contribution is 0.398. The second-order valence-electron chi connectivity index (χ2n) is 4.50. The van der Waals surface area contributed by atoms with Gasteiger partial charge in [-0.2, -0.15) is 0 Å². The zero-order valence-electron chi connectivity index (χ0n) is 12.5. The molecule has 0 aromatic carbocycles. The summed E-state index contributed by atoms with van der Waals surface area (Å²) < 4.78 is 6.26. The Morgan fingerprint density at radius 3 is 2.67 bits per heavy atom. The van der Waals surface area contributed by atoms with Crippen LogP contribution < -0.4 is 10.1 Å². The third-order valence-electron chi connectivity index (χ3n) is 2.91. The predicted octanol–water partition coefficient (Wildman–Crippen LogP) is 3.54. The van der Waals surface area contributed by atoms with Crippen LogP contribution in [0.3, 0.4) is 0 Å². The molecule has 2 rings (SSSR count). The molecule has 2 aromatic rings. The maximum absolute atomic E-state index is 5.17. The number of rotatable bonds is 6. The number of ether oxygens (including phenoxy) is 1. The van der Waals surface area contributed by atoms with Crippen LogP contribution in [0.5, 0.6) is 5.88 Å². The summed E-state index contributed by atoms with van der Waals surface area (Å²) in [6, 6.07) is 5.61. The number of halogens is 1. The van der Waals surface area contributed by atoms with Crippen molar-refractivity contribution in [3.63, 3.8) is 0 Å². The largest absolute Gasteiger partial charge is 0.481 e. The van der Waals surface area contributed by atoms with Gasteiger partial charge < -0.3 is 10.1 Å². The lowest BCUT2D eigenvalue weighted by Gasteiger charge is -2.12. The molecule has 0 saturated heterocycles. The first-order chi connectivity index (χ1) is 10.2. The smallest absolute Gasteiger partial charge is 0.213 e.